The Morgan fingerprint density at radius 2 is 1.78 bits per heavy atom. The molecule has 2 unspecified atom stereocenters. The van der Waals surface area contributed by atoms with Crippen LogP contribution in [0.2, 0.25) is 0 Å². The molecule has 2 N–H and O–H groups in total. The fourth-order valence-electron chi connectivity index (χ4n) is 2.75. The predicted molar refractivity (Wildman–Crippen MR) is 75.8 cm³/mol. The topological polar surface area (TPSA) is 38.5 Å². The van der Waals surface area contributed by atoms with Gasteiger partial charge in [-0.05, 0) is 51.0 Å². The Kier molecular flexibility index (Phi) is 4.48. The van der Waals surface area contributed by atoms with Crippen molar-refractivity contribution in [2.45, 2.75) is 45.2 Å². The molecule has 2 rings (SSSR count). The predicted octanol–water partition coefficient (Wildman–Crippen LogP) is 2.91. The van der Waals surface area contributed by atoms with Crippen molar-refractivity contribution in [3.8, 4) is 5.75 Å². The van der Waals surface area contributed by atoms with E-state index in [4.69, 9.17) is 10.5 Å². The summed E-state index contributed by atoms with van der Waals surface area (Å²) in [5.74, 6) is 0.904. The molecule has 100 valence electrons. The molecule has 2 atom stereocenters. The van der Waals surface area contributed by atoms with Gasteiger partial charge in [-0.15, -0.1) is 0 Å². The molecule has 1 aromatic rings. The summed E-state index contributed by atoms with van der Waals surface area (Å²) >= 11 is 0. The Labute approximate surface area is 110 Å². The van der Waals surface area contributed by atoms with Gasteiger partial charge in [-0.2, -0.15) is 0 Å². The van der Waals surface area contributed by atoms with E-state index in [-0.39, 0.29) is 0 Å². The summed E-state index contributed by atoms with van der Waals surface area (Å²) in [4.78, 5) is 2.56. The molecule has 1 aliphatic heterocycles. The van der Waals surface area contributed by atoms with Crippen LogP contribution in [0.3, 0.4) is 0 Å². The summed E-state index contributed by atoms with van der Waals surface area (Å²) < 4.78 is 5.76. The van der Waals surface area contributed by atoms with E-state index in [9.17, 15) is 0 Å². The second kappa shape index (κ2) is 6.10. The van der Waals surface area contributed by atoms with Gasteiger partial charge in [0.25, 0.3) is 0 Å². The normalized spacial score (nSPS) is 25.0. The molecule has 3 nitrogen and oxygen atoms in total. The average Bonchev–Trinajstić information content (AvgIpc) is 2.35. The number of hydrogen-bond acceptors (Lipinski definition) is 3. The number of nitrogens with zero attached hydrogens (tertiary/aromatic N) is 1. The maximum absolute atomic E-state index is 5.76. The molecule has 1 fully saturated rings. The van der Waals surface area contributed by atoms with Gasteiger partial charge in [0.2, 0.25) is 0 Å². The average molecular weight is 248 g/mol. The number of anilines is 1. The first-order valence-corrected chi connectivity index (χ1v) is 6.91. The zero-order chi connectivity index (χ0) is 13.0. The lowest BCUT2D eigenvalue weighted by molar-refractivity contribution is 0.0851. The van der Waals surface area contributed by atoms with Gasteiger partial charge in [-0.1, -0.05) is 6.42 Å². The van der Waals surface area contributed by atoms with Gasteiger partial charge < -0.3 is 10.5 Å². The zero-order valence-corrected chi connectivity index (χ0v) is 11.4. The highest BCUT2D eigenvalue weighted by Crippen LogP contribution is 2.22. The fourth-order valence-corrected chi connectivity index (χ4v) is 2.75. The molecule has 1 aliphatic rings. The lowest BCUT2D eigenvalue weighted by Gasteiger charge is -2.38. The molecule has 0 aromatic heterocycles. The van der Waals surface area contributed by atoms with Crippen LogP contribution in [0.5, 0.6) is 5.75 Å². The molecule has 0 spiro atoms. The molecule has 0 bridgehead atoms. The van der Waals surface area contributed by atoms with Crippen LogP contribution in [0.25, 0.3) is 0 Å². The molecule has 1 aromatic carbocycles. The van der Waals surface area contributed by atoms with Crippen LogP contribution in [0, 0.1) is 0 Å². The summed E-state index contributed by atoms with van der Waals surface area (Å²) in [7, 11) is 0. The van der Waals surface area contributed by atoms with Gasteiger partial charge in [0.05, 0.1) is 0 Å². The highest BCUT2D eigenvalue weighted by molar-refractivity contribution is 5.41. The summed E-state index contributed by atoms with van der Waals surface area (Å²) in [6.45, 7) is 6.39. The van der Waals surface area contributed by atoms with Crippen LogP contribution in [0.4, 0.5) is 5.69 Å². The minimum absolute atomic E-state index is 0.684. The largest absolute Gasteiger partial charge is 0.492 e. The minimum atomic E-state index is 0.684. The number of likely N-dealkylation sites (tertiary alicyclic amines) is 1. The number of hydrogen-bond donors (Lipinski definition) is 1. The Balaban J connectivity index is 1.79. The van der Waals surface area contributed by atoms with Crippen molar-refractivity contribution < 1.29 is 4.74 Å². The lowest BCUT2D eigenvalue weighted by Crippen LogP contribution is -2.45. The maximum Gasteiger partial charge on any atom is 0.119 e. The molecular weight excluding hydrogens is 224 g/mol. The first-order valence-electron chi connectivity index (χ1n) is 6.91. The standard InChI is InChI=1S/C15H24N2O/c1-12-4-3-5-13(2)17(12)10-11-18-15-8-6-14(16)7-9-15/h6-9,12-13H,3-5,10-11,16H2,1-2H3. The second-order valence-electron chi connectivity index (χ2n) is 5.28. The highest BCUT2D eigenvalue weighted by Gasteiger charge is 2.23. The van der Waals surface area contributed by atoms with Crippen molar-refractivity contribution in [1.82, 2.24) is 4.90 Å². The van der Waals surface area contributed by atoms with Gasteiger partial charge in [0.15, 0.2) is 0 Å². The smallest absolute Gasteiger partial charge is 0.119 e. The van der Waals surface area contributed by atoms with E-state index in [0.29, 0.717) is 12.1 Å². The van der Waals surface area contributed by atoms with Gasteiger partial charge in [-0.3, -0.25) is 4.90 Å². The van der Waals surface area contributed by atoms with Gasteiger partial charge in [0.1, 0.15) is 12.4 Å². The van der Waals surface area contributed by atoms with Crippen LogP contribution in [0.15, 0.2) is 24.3 Å². The van der Waals surface area contributed by atoms with E-state index in [2.05, 4.69) is 18.7 Å². The van der Waals surface area contributed by atoms with Crippen LogP contribution < -0.4 is 10.5 Å². The highest BCUT2D eigenvalue weighted by atomic mass is 16.5. The summed E-state index contributed by atoms with van der Waals surface area (Å²) in [5.41, 5.74) is 6.42. The first kappa shape index (κ1) is 13.2. The molecule has 0 saturated carbocycles. The van der Waals surface area contributed by atoms with Gasteiger partial charge in [0, 0.05) is 24.3 Å². The van der Waals surface area contributed by atoms with Crippen molar-refractivity contribution >= 4 is 5.69 Å². The number of rotatable bonds is 4. The van der Waals surface area contributed by atoms with Gasteiger partial charge >= 0.3 is 0 Å². The van der Waals surface area contributed by atoms with Crippen molar-refractivity contribution in [2.75, 3.05) is 18.9 Å². The van der Waals surface area contributed by atoms with E-state index in [0.717, 1.165) is 24.6 Å². The fraction of sp³-hybridized carbons (Fsp3) is 0.600. The number of nitrogens with two attached hydrogens (primary N) is 1. The molecule has 1 heterocycles. The third-order valence-corrected chi connectivity index (χ3v) is 3.87. The number of nitrogen functional groups attached to an aromatic ring is 1. The van der Waals surface area contributed by atoms with E-state index in [1.54, 1.807) is 0 Å². The Morgan fingerprint density at radius 3 is 2.39 bits per heavy atom. The Bertz CT molecular complexity index is 353. The number of benzene rings is 1. The maximum atomic E-state index is 5.76. The molecule has 0 radical (unpaired) electrons. The Morgan fingerprint density at radius 1 is 1.17 bits per heavy atom. The van der Waals surface area contributed by atoms with Crippen LogP contribution >= 0.6 is 0 Å². The molecule has 0 amide bonds. The summed E-state index contributed by atoms with van der Waals surface area (Å²) in [6.07, 6.45) is 3.98. The SMILES string of the molecule is CC1CCCC(C)N1CCOc1ccc(N)cc1. The van der Waals surface area contributed by atoms with Crippen LogP contribution in [-0.2, 0) is 0 Å². The minimum Gasteiger partial charge on any atom is -0.492 e. The van der Waals surface area contributed by atoms with E-state index >= 15 is 0 Å². The van der Waals surface area contributed by atoms with Crippen molar-refractivity contribution in [1.29, 1.82) is 0 Å². The zero-order valence-electron chi connectivity index (χ0n) is 11.4. The van der Waals surface area contributed by atoms with Crippen molar-refractivity contribution in [2.24, 2.45) is 0 Å². The third kappa shape index (κ3) is 3.39. The number of piperidine rings is 1. The third-order valence-electron chi connectivity index (χ3n) is 3.87. The van der Waals surface area contributed by atoms with Crippen molar-refractivity contribution in [3.63, 3.8) is 0 Å². The van der Waals surface area contributed by atoms with E-state index in [1.165, 1.54) is 19.3 Å². The van der Waals surface area contributed by atoms with Crippen LogP contribution in [0.1, 0.15) is 33.1 Å². The second-order valence-corrected chi connectivity index (χ2v) is 5.28. The first-order chi connectivity index (χ1) is 8.66. The van der Waals surface area contributed by atoms with Crippen molar-refractivity contribution in [3.05, 3.63) is 24.3 Å². The van der Waals surface area contributed by atoms with E-state index in [1.807, 2.05) is 24.3 Å². The molecular formula is C15H24N2O. The molecule has 3 heteroatoms. The molecule has 1 saturated heterocycles. The molecule has 0 aliphatic carbocycles. The monoisotopic (exact) mass is 248 g/mol. The van der Waals surface area contributed by atoms with E-state index < -0.39 is 0 Å². The lowest BCUT2D eigenvalue weighted by atomic mass is 9.98. The van der Waals surface area contributed by atoms with Gasteiger partial charge in [-0.25, -0.2) is 0 Å². The quantitative estimate of drug-likeness (QED) is 0.833. The summed E-state index contributed by atoms with van der Waals surface area (Å²) in [6, 6.07) is 8.98. The van der Waals surface area contributed by atoms with Crippen LogP contribution in [-0.4, -0.2) is 30.1 Å². The Hall–Kier alpha value is -1.22. The molecule has 18 heavy (non-hydrogen) atoms. The summed E-state index contributed by atoms with van der Waals surface area (Å²) in [5, 5.41) is 0. The number of ether oxygens (including phenoxy) is 1.